The molecule has 1 fully saturated rings. The predicted molar refractivity (Wildman–Crippen MR) is 69.7 cm³/mol. The van der Waals surface area contributed by atoms with Crippen LogP contribution >= 0.6 is 0 Å². The molecular weight excluding hydrogens is 214 g/mol. The average Bonchev–Trinajstić information content (AvgIpc) is 2.36. The van der Waals surface area contributed by atoms with Crippen molar-refractivity contribution in [2.75, 3.05) is 6.54 Å². The zero-order valence-electron chi connectivity index (χ0n) is 11.5. The Balaban J connectivity index is 2.48. The fourth-order valence-corrected chi connectivity index (χ4v) is 2.52. The number of carbonyl (C=O) groups is 1. The molecule has 1 aliphatic carbocycles. The summed E-state index contributed by atoms with van der Waals surface area (Å²) in [5.41, 5.74) is -0.943. The molecule has 1 saturated carbocycles. The second-order valence-electron chi connectivity index (χ2n) is 5.74. The molecule has 1 aliphatic rings. The molecule has 0 aromatic carbocycles. The summed E-state index contributed by atoms with van der Waals surface area (Å²) in [6.07, 6.45) is 6.87. The molecule has 0 unspecified atom stereocenters. The summed E-state index contributed by atoms with van der Waals surface area (Å²) in [5.74, 6) is 0.123. The molecular formula is C14H27NO2. The first-order valence-corrected chi connectivity index (χ1v) is 6.96. The van der Waals surface area contributed by atoms with E-state index in [1.54, 1.807) is 0 Å². The van der Waals surface area contributed by atoms with Crippen molar-refractivity contribution in [2.24, 2.45) is 5.41 Å². The molecule has 3 nitrogen and oxygen atoms in total. The van der Waals surface area contributed by atoms with Crippen molar-refractivity contribution >= 4 is 5.91 Å². The highest BCUT2D eigenvalue weighted by Gasteiger charge is 2.35. The summed E-state index contributed by atoms with van der Waals surface area (Å²) in [6, 6.07) is 0. The van der Waals surface area contributed by atoms with E-state index in [4.69, 9.17) is 0 Å². The van der Waals surface area contributed by atoms with Crippen LogP contribution in [0.4, 0.5) is 0 Å². The summed E-state index contributed by atoms with van der Waals surface area (Å²) in [5, 5.41) is 13.1. The lowest BCUT2D eigenvalue weighted by molar-refractivity contribution is -0.133. The van der Waals surface area contributed by atoms with E-state index >= 15 is 0 Å². The van der Waals surface area contributed by atoms with Gasteiger partial charge < -0.3 is 10.4 Å². The summed E-state index contributed by atoms with van der Waals surface area (Å²) in [6.45, 7) is 6.35. The molecule has 0 bridgehead atoms. The summed E-state index contributed by atoms with van der Waals surface area (Å²) >= 11 is 0. The number of rotatable bonds is 5. The number of aliphatic hydroxyl groups is 1. The lowest BCUT2D eigenvalue weighted by Crippen LogP contribution is -2.47. The lowest BCUT2D eigenvalue weighted by Gasteiger charge is -2.34. The zero-order valence-corrected chi connectivity index (χ0v) is 11.5. The minimum Gasteiger partial charge on any atom is -0.388 e. The molecule has 0 aromatic rings. The van der Waals surface area contributed by atoms with Gasteiger partial charge in [0.05, 0.1) is 5.60 Å². The normalized spacial score (nSPS) is 20.0. The van der Waals surface area contributed by atoms with Gasteiger partial charge in [0, 0.05) is 12.0 Å². The number of hydrogen-bond acceptors (Lipinski definition) is 2. The highest BCUT2D eigenvalue weighted by Crippen LogP contribution is 2.35. The van der Waals surface area contributed by atoms with E-state index in [9.17, 15) is 9.90 Å². The maximum absolute atomic E-state index is 12.2. The quantitative estimate of drug-likeness (QED) is 0.777. The smallest absolute Gasteiger partial charge is 0.226 e. The Morgan fingerprint density at radius 1 is 1.24 bits per heavy atom. The van der Waals surface area contributed by atoms with Crippen LogP contribution < -0.4 is 5.32 Å². The summed E-state index contributed by atoms with van der Waals surface area (Å²) < 4.78 is 0. The van der Waals surface area contributed by atoms with E-state index < -0.39 is 5.60 Å². The third-order valence-corrected chi connectivity index (χ3v) is 4.40. The number of hydrogen-bond donors (Lipinski definition) is 2. The van der Waals surface area contributed by atoms with E-state index in [0.717, 1.165) is 25.7 Å². The van der Waals surface area contributed by atoms with E-state index in [0.29, 0.717) is 19.4 Å². The van der Waals surface area contributed by atoms with Gasteiger partial charge in [-0.15, -0.1) is 0 Å². The third kappa shape index (κ3) is 3.70. The molecule has 0 aliphatic heterocycles. The van der Waals surface area contributed by atoms with Gasteiger partial charge in [-0.3, -0.25) is 4.79 Å². The fourth-order valence-electron chi connectivity index (χ4n) is 2.52. The molecule has 0 heterocycles. The molecule has 100 valence electrons. The molecule has 1 rings (SSSR count). The minimum absolute atomic E-state index is 0.123. The van der Waals surface area contributed by atoms with Crippen LogP contribution in [-0.4, -0.2) is 23.2 Å². The summed E-state index contributed by atoms with van der Waals surface area (Å²) in [4.78, 5) is 12.2. The first kappa shape index (κ1) is 14.5. The van der Waals surface area contributed by atoms with E-state index in [1.165, 1.54) is 6.42 Å². The van der Waals surface area contributed by atoms with Crippen LogP contribution in [0.5, 0.6) is 0 Å². The van der Waals surface area contributed by atoms with Crippen LogP contribution in [0.15, 0.2) is 0 Å². The van der Waals surface area contributed by atoms with Gasteiger partial charge >= 0.3 is 0 Å². The van der Waals surface area contributed by atoms with Crippen LogP contribution in [-0.2, 0) is 4.79 Å². The molecule has 2 N–H and O–H groups in total. The lowest BCUT2D eigenvalue weighted by atomic mass is 9.75. The maximum Gasteiger partial charge on any atom is 0.226 e. The molecule has 3 heteroatoms. The van der Waals surface area contributed by atoms with Gasteiger partial charge in [0.2, 0.25) is 5.91 Å². The van der Waals surface area contributed by atoms with Gasteiger partial charge in [0.25, 0.3) is 0 Å². The Labute approximate surface area is 105 Å². The van der Waals surface area contributed by atoms with Gasteiger partial charge in [0.15, 0.2) is 0 Å². The zero-order chi connectivity index (χ0) is 12.9. The Bertz CT molecular complexity index is 253. The molecule has 1 amide bonds. The largest absolute Gasteiger partial charge is 0.388 e. The van der Waals surface area contributed by atoms with Crippen molar-refractivity contribution in [2.45, 2.75) is 71.3 Å². The van der Waals surface area contributed by atoms with E-state index in [1.807, 2.05) is 13.8 Å². The number of carbonyl (C=O) groups excluding carboxylic acids is 1. The maximum atomic E-state index is 12.2. The second kappa shape index (κ2) is 5.85. The number of amides is 1. The van der Waals surface area contributed by atoms with Crippen molar-refractivity contribution in [3.05, 3.63) is 0 Å². The molecule has 0 aromatic heterocycles. The first-order valence-electron chi connectivity index (χ1n) is 6.96. The van der Waals surface area contributed by atoms with Crippen molar-refractivity contribution < 1.29 is 9.90 Å². The Morgan fingerprint density at radius 2 is 1.76 bits per heavy atom. The Kier molecular flexibility index (Phi) is 4.99. The van der Waals surface area contributed by atoms with E-state index in [-0.39, 0.29) is 11.3 Å². The number of nitrogens with one attached hydrogen (secondary N) is 1. The highest BCUT2D eigenvalue weighted by molar-refractivity contribution is 5.82. The van der Waals surface area contributed by atoms with Crippen LogP contribution in [0.3, 0.4) is 0 Å². The predicted octanol–water partition coefficient (Wildman–Crippen LogP) is 2.62. The topological polar surface area (TPSA) is 49.3 Å². The molecule has 17 heavy (non-hydrogen) atoms. The second-order valence-corrected chi connectivity index (χ2v) is 5.74. The van der Waals surface area contributed by atoms with Crippen molar-refractivity contribution in [3.8, 4) is 0 Å². The monoisotopic (exact) mass is 241 g/mol. The van der Waals surface area contributed by atoms with Gasteiger partial charge in [-0.05, 0) is 25.7 Å². The van der Waals surface area contributed by atoms with Gasteiger partial charge in [-0.1, -0.05) is 40.0 Å². The van der Waals surface area contributed by atoms with Crippen LogP contribution in [0, 0.1) is 5.41 Å². The molecule has 0 spiro atoms. The molecule has 0 radical (unpaired) electrons. The minimum atomic E-state index is -0.735. The van der Waals surface area contributed by atoms with Gasteiger partial charge in [-0.25, -0.2) is 0 Å². The fraction of sp³-hybridized carbons (Fsp3) is 0.929. The Hall–Kier alpha value is -0.570. The van der Waals surface area contributed by atoms with E-state index in [2.05, 4.69) is 12.2 Å². The Morgan fingerprint density at radius 3 is 2.24 bits per heavy atom. The average molecular weight is 241 g/mol. The molecule has 0 atom stereocenters. The van der Waals surface area contributed by atoms with Crippen molar-refractivity contribution in [1.29, 1.82) is 0 Å². The SMILES string of the molecule is CCC(O)(CC)CNC(=O)C1(C)CCCCC1. The van der Waals surface area contributed by atoms with Crippen LogP contribution in [0.1, 0.15) is 65.7 Å². The highest BCUT2D eigenvalue weighted by atomic mass is 16.3. The third-order valence-electron chi connectivity index (χ3n) is 4.40. The van der Waals surface area contributed by atoms with Crippen LogP contribution in [0.25, 0.3) is 0 Å². The molecule has 0 saturated heterocycles. The summed E-state index contributed by atoms with van der Waals surface area (Å²) in [7, 11) is 0. The van der Waals surface area contributed by atoms with Gasteiger partial charge in [-0.2, -0.15) is 0 Å². The van der Waals surface area contributed by atoms with Crippen LogP contribution in [0.2, 0.25) is 0 Å². The van der Waals surface area contributed by atoms with Crippen molar-refractivity contribution in [1.82, 2.24) is 5.32 Å². The van der Waals surface area contributed by atoms with Crippen molar-refractivity contribution in [3.63, 3.8) is 0 Å². The van der Waals surface area contributed by atoms with Gasteiger partial charge in [0.1, 0.15) is 0 Å². The standard InChI is InChI=1S/C14H27NO2/c1-4-14(17,5-2)11-15-12(16)13(3)9-7-6-8-10-13/h17H,4-11H2,1-3H3,(H,15,16). The first-order chi connectivity index (χ1) is 7.96.